The van der Waals surface area contributed by atoms with Crippen molar-refractivity contribution >= 4 is 40.6 Å². The number of carbonyl (C=O) groups excluding carboxylic acids is 1. The number of rotatable bonds is 6. The zero-order valence-electron chi connectivity index (χ0n) is 15.2. The lowest BCUT2D eigenvalue weighted by atomic mass is 10.2. The highest BCUT2D eigenvalue weighted by molar-refractivity contribution is 8.18. The number of hydrogen-bond donors (Lipinski definition) is 2. The van der Waals surface area contributed by atoms with E-state index in [1.54, 1.807) is 61.7 Å². The van der Waals surface area contributed by atoms with Crippen molar-refractivity contribution in [1.82, 2.24) is 5.32 Å². The second-order valence-electron chi connectivity index (χ2n) is 5.85. The number of carbonyl (C=O) groups is 2. The molecule has 1 fully saturated rings. The fourth-order valence-electron chi connectivity index (χ4n) is 2.30. The van der Waals surface area contributed by atoms with E-state index in [1.165, 1.54) is 18.7 Å². The number of aliphatic imine (C=N–C) groups is 1. The molecule has 144 valence electrons. The molecule has 1 aliphatic rings. The van der Waals surface area contributed by atoms with Crippen molar-refractivity contribution in [3.8, 4) is 11.5 Å². The van der Waals surface area contributed by atoms with E-state index in [2.05, 4.69) is 10.3 Å². The van der Waals surface area contributed by atoms with Gasteiger partial charge < -0.3 is 19.9 Å². The summed E-state index contributed by atoms with van der Waals surface area (Å²) in [4.78, 5) is 27.9. The predicted molar refractivity (Wildman–Crippen MR) is 108 cm³/mol. The number of amidine groups is 1. The van der Waals surface area contributed by atoms with Crippen LogP contribution in [-0.4, -0.2) is 35.4 Å². The Morgan fingerprint density at radius 2 is 1.79 bits per heavy atom. The number of nitrogens with zero attached hydrogens (tertiary/aromatic N) is 1. The van der Waals surface area contributed by atoms with Gasteiger partial charge in [-0.15, -0.1) is 0 Å². The Morgan fingerprint density at radius 1 is 1.14 bits per heavy atom. The molecule has 1 unspecified atom stereocenters. The van der Waals surface area contributed by atoms with E-state index in [9.17, 15) is 9.59 Å². The van der Waals surface area contributed by atoms with Crippen molar-refractivity contribution in [2.75, 3.05) is 7.11 Å². The first-order valence-electron chi connectivity index (χ1n) is 8.38. The van der Waals surface area contributed by atoms with Gasteiger partial charge in [-0.25, -0.2) is 9.79 Å². The standard InChI is InChI=1S/C20H18N2O5S/c1-12(19(24)25)27-16-7-3-13(4-8-16)11-17-18(23)22-20(28-17)21-14-5-9-15(26-2)10-6-14/h3-12H,1-2H3,(H,24,25)(H,21,22,23). The van der Waals surface area contributed by atoms with Crippen molar-refractivity contribution in [2.45, 2.75) is 13.0 Å². The van der Waals surface area contributed by atoms with Crippen LogP contribution in [0.15, 0.2) is 58.4 Å². The topological polar surface area (TPSA) is 97.2 Å². The summed E-state index contributed by atoms with van der Waals surface area (Å²) in [6.45, 7) is 1.46. The average molecular weight is 398 g/mol. The highest BCUT2D eigenvalue weighted by Crippen LogP contribution is 2.29. The molecule has 7 nitrogen and oxygen atoms in total. The van der Waals surface area contributed by atoms with E-state index in [0.717, 1.165) is 11.3 Å². The lowest BCUT2D eigenvalue weighted by molar-refractivity contribution is -0.144. The SMILES string of the molecule is COc1ccc(N=C2NC(=O)C(=Cc3ccc(OC(C)C(=O)O)cc3)S2)cc1. The molecule has 0 radical (unpaired) electrons. The van der Waals surface area contributed by atoms with Crippen LogP contribution in [0, 0.1) is 0 Å². The van der Waals surface area contributed by atoms with Gasteiger partial charge in [0.15, 0.2) is 11.3 Å². The third-order valence-electron chi connectivity index (χ3n) is 3.79. The highest BCUT2D eigenvalue weighted by atomic mass is 32.2. The summed E-state index contributed by atoms with van der Waals surface area (Å²) >= 11 is 1.25. The van der Waals surface area contributed by atoms with E-state index < -0.39 is 12.1 Å². The summed E-state index contributed by atoms with van der Waals surface area (Å²) in [5.74, 6) is -0.0776. The smallest absolute Gasteiger partial charge is 0.344 e. The van der Waals surface area contributed by atoms with Gasteiger partial charge in [0.1, 0.15) is 11.5 Å². The van der Waals surface area contributed by atoms with Gasteiger partial charge in [-0.1, -0.05) is 12.1 Å². The van der Waals surface area contributed by atoms with Crippen molar-refractivity contribution in [2.24, 2.45) is 4.99 Å². The van der Waals surface area contributed by atoms with Crippen LogP contribution in [0.4, 0.5) is 5.69 Å². The second-order valence-corrected chi connectivity index (χ2v) is 6.88. The molecule has 1 heterocycles. The van der Waals surface area contributed by atoms with Crippen LogP contribution in [0.3, 0.4) is 0 Å². The number of hydrogen-bond acceptors (Lipinski definition) is 6. The van der Waals surface area contributed by atoms with Crippen LogP contribution in [0.25, 0.3) is 6.08 Å². The van der Waals surface area contributed by atoms with Crippen LogP contribution in [0.2, 0.25) is 0 Å². The first-order valence-corrected chi connectivity index (χ1v) is 9.19. The minimum Gasteiger partial charge on any atom is -0.497 e. The van der Waals surface area contributed by atoms with Crippen molar-refractivity contribution in [3.05, 3.63) is 59.0 Å². The molecule has 1 amide bonds. The van der Waals surface area contributed by atoms with E-state index in [-0.39, 0.29) is 5.91 Å². The number of thioether (sulfide) groups is 1. The van der Waals surface area contributed by atoms with Crippen molar-refractivity contribution < 1.29 is 24.2 Å². The van der Waals surface area contributed by atoms with Gasteiger partial charge >= 0.3 is 5.97 Å². The molecular formula is C20H18N2O5S. The minimum absolute atomic E-state index is 0.225. The molecule has 3 rings (SSSR count). The molecule has 0 aliphatic carbocycles. The molecule has 2 N–H and O–H groups in total. The molecule has 8 heteroatoms. The van der Waals surface area contributed by atoms with Gasteiger partial charge in [0, 0.05) is 0 Å². The van der Waals surface area contributed by atoms with Crippen LogP contribution in [0.1, 0.15) is 12.5 Å². The first kappa shape index (κ1) is 19.5. The maximum Gasteiger partial charge on any atom is 0.344 e. The van der Waals surface area contributed by atoms with Crippen molar-refractivity contribution in [3.63, 3.8) is 0 Å². The Morgan fingerprint density at radius 3 is 2.39 bits per heavy atom. The molecule has 1 atom stereocenters. The number of benzene rings is 2. The predicted octanol–water partition coefficient (Wildman–Crippen LogP) is 3.44. The van der Waals surface area contributed by atoms with Crippen LogP contribution in [-0.2, 0) is 9.59 Å². The molecule has 1 saturated heterocycles. The monoisotopic (exact) mass is 398 g/mol. The Labute approximate surface area is 166 Å². The minimum atomic E-state index is -1.03. The van der Waals surface area contributed by atoms with Gasteiger partial charge in [0.25, 0.3) is 5.91 Å². The molecule has 2 aromatic rings. The molecule has 2 aromatic carbocycles. The van der Waals surface area contributed by atoms with Gasteiger partial charge in [-0.2, -0.15) is 0 Å². The quantitative estimate of drug-likeness (QED) is 0.724. The van der Waals surface area contributed by atoms with Crippen LogP contribution >= 0.6 is 11.8 Å². The third kappa shape index (κ3) is 4.92. The Bertz CT molecular complexity index is 936. The summed E-state index contributed by atoms with van der Waals surface area (Å²) in [5.41, 5.74) is 1.50. The highest BCUT2D eigenvalue weighted by Gasteiger charge is 2.23. The molecule has 0 bridgehead atoms. The summed E-state index contributed by atoms with van der Waals surface area (Å²) in [6.07, 6.45) is 0.804. The van der Waals surface area contributed by atoms with Gasteiger partial charge in [0.2, 0.25) is 0 Å². The van der Waals surface area contributed by atoms with E-state index in [1.807, 2.05) is 0 Å². The summed E-state index contributed by atoms with van der Waals surface area (Å²) in [7, 11) is 1.59. The van der Waals surface area contributed by atoms with E-state index >= 15 is 0 Å². The lowest BCUT2D eigenvalue weighted by Crippen LogP contribution is -2.22. The summed E-state index contributed by atoms with van der Waals surface area (Å²) in [5, 5.41) is 12.1. The van der Waals surface area contributed by atoms with Gasteiger partial charge in [-0.05, 0) is 66.7 Å². The zero-order valence-corrected chi connectivity index (χ0v) is 16.0. The Balaban J connectivity index is 1.69. The summed E-state index contributed by atoms with van der Waals surface area (Å²) < 4.78 is 10.4. The number of carboxylic acid groups (broad SMARTS) is 1. The van der Waals surface area contributed by atoms with Gasteiger partial charge in [-0.3, -0.25) is 4.79 Å². The number of aliphatic carboxylic acids is 1. The maximum atomic E-state index is 12.2. The van der Waals surface area contributed by atoms with E-state index in [4.69, 9.17) is 14.6 Å². The lowest BCUT2D eigenvalue weighted by Gasteiger charge is -2.10. The van der Waals surface area contributed by atoms with E-state index in [0.29, 0.717) is 21.5 Å². The number of nitrogens with one attached hydrogen (secondary N) is 1. The first-order chi connectivity index (χ1) is 13.4. The molecule has 0 spiro atoms. The molecule has 0 aromatic heterocycles. The molecule has 0 saturated carbocycles. The normalized spacial score (nSPS) is 17.4. The van der Waals surface area contributed by atoms with Crippen LogP contribution < -0.4 is 14.8 Å². The average Bonchev–Trinajstić information content (AvgIpc) is 3.02. The van der Waals surface area contributed by atoms with Gasteiger partial charge in [0.05, 0.1) is 17.7 Å². The van der Waals surface area contributed by atoms with Crippen LogP contribution in [0.5, 0.6) is 11.5 Å². The number of carboxylic acids is 1. The number of ether oxygens (including phenoxy) is 2. The fraction of sp³-hybridized carbons (Fsp3) is 0.150. The Kier molecular flexibility index (Phi) is 6.00. The summed E-state index contributed by atoms with van der Waals surface area (Å²) in [6, 6.07) is 14.0. The second kappa shape index (κ2) is 8.62. The van der Waals surface area contributed by atoms with Crippen molar-refractivity contribution in [1.29, 1.82) is 0 Å². The molecule has 1 aliphatic heterocycles. The molecule has 28 heavy (non-hydrogen) atoms. The number of amides is 1. The number of methoxy groups -OCH3 is 1. The molecular weight excluding hydrogens is 380 g/mol. The third-order valence-corrected chi connectivity index (χ3v) is 4.70. The fourth-order valence-corrected chi connectivity index (χ4v) is 3.14. The maximum absolute atomic E-state index is 12.2. The Hall–Kier alpha value is -3.26. The zero-order chi connectivity index (χ0) is 20.1. The largest absolute Gasteiger partial charge is 0.497 e.